The summed E-state index contributed by atoms with van der Waals surface area (Å²) in [5.74, 6) is 0.197. The van der Waals surface area contributed by atoms with Crippen molar-refractivity contribution in [1.82, 2.24) is 15.5 Å². The molecule has 0 fully saturated rings. The van der Waals surface area contributed by atoms with Crippen LogP contribution in [0.4, 0.5) is 5.13 Å². The topological polar surface area (TPSA) is 93.2 Å². The van der Waals surface area contributed by atoms with Crippen molar-refractivity contribution in [3.05, 3.63) is 24.3 Å². The molecule has 1 aromatic heterocycles. The van der Waals surface area contributed by atoms with E-state index in [0.29, 0.717) is 10.1 Å². The van der Waals surface area contributed by atoms with Crippen molar-refractivity contribution >= 4 is 28.3 Å². The minimum absolute atomic E-state index is 0.00896. The fraction of sp³-hybridized carbons (Fsp3) is 0.412. The Morgan fingerprint density at radius 3 is 2.72 bits per heavy atom. The van der Waals surface area contributed by atoms with Crippen LogP contribution >= 0.6 is 11.3 Å². The van der Waals surface area contributed by atoms with Gasteiger partial charge >= 0.3 is 0 Å². The van der Waals surface area contributed by atoms with Crippen LogP contribution in [0.15, 0.2) is 24.3 Å². The van der Waals surface area contributed by atoms with E-state index in [1.54, 1.807) is 7.11 Å². The van der Waals surface area contributed by atoms with Gasteiger partial charge in [0, 0.05) is 12.5 Å². The predicted octanol–water partition coefficient (Wildman–Crippen LogP) is 2.70. The first kappa shape index (κ1) is 18.9. The second-order valence-electron chi connectivity index (χ2n) is 5.70. The number of anilines is 1. The number of nitrogens with zero attached hydrogens (tertiary/aromatic N) is 2. The van der Waals surface area contributed by atoms with E-state index in [1.807, 2.05) is 38.1 Å². The summed E-state index contributed by atoms with van der Waals surface area (Å²) in [5.41, 5.74) is 0.859. The monoisotopic (exact) mass is 362 g/mol. The Bertz CT molecular complexity index is 747. The number of benzene rings is 1. The number of methoxy groups -OCH3 is 1. The third-order valence-electron chi connectivity index (χ3n) is 3.83. The Kier molecular flexibility index (Phi) is 6.46. The highest BCUT2D eigenvalue weighted by atomic mass is 32.1. The number of rotatable bonds is 7. The number of carbonyl (C=O) groups is 2. The number of amides is 2. The first-order valence-electron chi connectivity index (χ1n) is 8.00. The summed E-state index contributed by atoms with van der Waals surface area (Å²) in [4.78, 5) is 23.8. The van der Waals surface area contributed by atoms with Crippen LogP contribution in [0.5, 0.6) is 5.75 Å². The molecule has 2 aromatic rings. The summed E-state index contributed by atoms with van der Waals surface area (Å²) in [6.07, 6.45) is 0.767. The van der Waals surface area contributed by atoms with Crippen LogP contribution in [-0.2, 0) is 9.59 Å². The lowest BCUT2D eigenvalue weighted by molar-refractivity contribution is -0.126. The molecule has 0 aliphatic carbocycles. The number of ether oxygens (including phenoxy) is 1. The Labute approximate surface area is 150 Å². The van der Waals surface area contributed by atoms with E-state index < -0.39 is 6.04 Å². The number of hydrogen-bond donors (Lipinski definition) is 2. The Hall–Kier alpha value is -2.48. The normalized spacial score (nSPS) is 13.0. The zero-order valence-corrected chi connectivity index (χ0v) is 15.5. The quantitative estimate of drug-likeness (QED) is 0.790. The van der Waals surface area contributed by atoms with Gasteiger partial charge in [0.1, 0.15) is 16.8 Å². The molecule has 0 radical (unpaired) electrons. The summed E-state index contributed by atoms with van der Waals surface area (Å²) in [6.45, 7) is 5.29. The molecule has 2 amide bonds. The molecular weight excluding hydrogens is 340 g/mol. The van der Waals surface area contributed by atoms with Crippen molar-refractivity contribution < 1.29 is 14.3 Å². The molecule has 2 atom stereocenters. The Balaban J connectivity index is 2.13. The van der Waals surface area contributed by atoms with Crippen LogP contribution in [0, 0.1) is 5.92 Å². The van der Waals surface area contributed by atoms with Gasteiger partial charge < -0.3 is 10.1 Å². The second kappa shape index (κ2) is 8.57. The molecule has 0 saturated heterocycles. The Morgan fingerprint density at radius 2 is 2.08 bits per heavy atom. The third-order valence-corrected chi connectivity index (χ3v) is 4.71. The van der Waals surface area contributed by atoms with Gasteiger partial charge in [-0.1, -0.05) is 43.7 Å². The average molecular weight is 362 g/mol. The van der Waals surface area contributed by atoms with Crippen molar-refractivity contribution in [2.75, 3.05) is 12.4 Å². The second-order valence-corrected chi connectivity index (χ2v) is 6.67. The zero-order valence-electron chi connectivity index (χ0n) is 14.7. The highest BCUT2D eigenvalue weighted by Crippen LogP contribution is 2.28. The van der Waals surface area contributed by atoms with Crippen LogP contribution in [0.1, 0.15) is 27.2 Å². The summed E-state index contributed by atoms with van der Waals surface area (Å²) >= 11 is 1.27. The molecule has 0 aliphatic heterocycles. The summed E-state index contributed by atoms with van der Waals surface area (Å²) in [5, 5.41) is 14.6. The fourth-order valence-electron chi connectivity index (χ4n) is 2.25. The number of hydrogen-bond acceptors (Lipinski definition) is 6. The lowest BCUT2D eigenvalue weighted by atomic mass is 9.98. The van der Waals surface area contributed by atoms with Crippen LogP contribution < -0.4 is 15.4 Å². The molecule has 134 valence electrons. The van der Waals surface area contributed by atoms with Crippen LogP contribution in [0.2, 0.25) is 0 Å². The third kappa shape index (κ3) is 4.99. The molecule has 0 aliphatic rings. The molecule has 0 spiro atoms. The molecule has 8 heteroatoms. The summed E-state index contributed by atoms with van der Waals surface area (Å²) in [7, 11) is 1.60. The average Bonchev–Trinajstić information content (AvgIpc) is 3.07. The van der Waals surface area contributed by atoms with Gasteiger partial charge in [-0.25, -0.2) is 0 Å². The van der Waals surface area contributed by atoms with Crippen molar-refractivity contribution in [3.63, 3.8) is 0 Å². The predicted molar refractivity (Wildman–Crippen MR) is 97.6 cm³/mol. The van der Waals surface area contributed by atoms with Gasteiger partial charge in [-0.15, -0.1) is 10.2 Å². The van der Waals surface area contributed by atoms with Crippen molar-refractivity contribution in [2.45, 2.75) is 33.2 Å². The molecule has 1 aromatic carbocycles. The maximum atomic E-state index is 12.5. The van der Waals surface area contributed by atoms with Crippen LogP contribution in [0.25, 0.3) is 10.6 Å². The van der Waals surface area contributed by atoms with Gasteiger partial charge in [0.05, 0.1) is 7.11 Å². The summed E-state index contributed by atoms with van der Waals surface area (Å²) < 4.78 is 5.20. The number of aromatic nitrogens is 2. The fourth-order valence-corrected chi connectivity index (χ4v) is 2.99. The highest BCUT2D eigenvalue weighted by Gasteiger charge is 2.25. The van der Waals surface area contributed by atoms with E-state index in [1.165, 1.54) is 18.3 Å². The lowest BCUT2D eigenvalue weighted by Gasteiger charge is -2.22. The van der Waals surface area contributed by atoms with E-state index in [4.69, 9.17) is 4.74 Å². The van der Waals surface area contributed by atoms with Gasteiger partial charge in [0.15, 0.2) is 0 Å². The molecular formula is C17H22N4O3S. The van der Waals surface area contributed by atoms with E-state index in [2.05, 4.69) is 20.8 Å². The first-order valence-corrected chi connectivity index (χ1v) is 8.82. The smallest absolute Gasteiger partial charge is 0.249 e. The lowest BCUT2D eigenvalue weighted by Crippen LogP contribution is -2.46. The van der Waals surface area contributed by atoms with E-state index >= 15 is 0 Å². The van der Waals surface area contributed by atoms with E-state index in [9.17, 15) is 9.59 Å². The molecule has 0 saturated carbocycles. The van der Waals surface area contributed by atoms with Gasteiger partial charge in [-0.3, -0.25) is 14.9 Å². The van der Waals surface area contributed by atoms with Crippen LogP contribution in [0.3, 0.4) is 0 Å². The van der Waals surface area contributed by atoms with E-state index in [-0.39, 0.29) is 17.7 Å². The maximum Gasteiger partial charge on any atom is 0.249 e. The molecule has 2 rings (SSSR count). The molecule has 2 N–H and O–H groups in total. The molecule has 25 heavy (non-hydrogen) atoms. The van der Waals surface area contributed by atoms with Crippen molar-refractivity contribution in [1.29, 1.82) is 0 Å². The summed E-state index contributed by atoms with van der Waals surface area (Å²) in [6, 6.07) is 6.85. The Morgan fingerprint density at radius 1 is 1.32 bits per heavy atom. The van der Waals surface area contributed by atoms with Crippen molar-refractivity contribution in [2.24, 2.45) is 5.92 Å². The van der Waals surface area contributed by atoms with Crippen molar-refractivity contribution in [3.8, 4) is 16.3 Å². The SMILES string of the molecule is CCC(C)C(NC(C)=O)C(=O)Nc1nnc(-c2cccc(OC)c2)s1. The van der Waals surface area contributed by atoms with Gasteiger partial charge in [-0.05, 0) is 18.1 Å². The van der Waals surface area contributed by atoms with Gasteiger partial charge in [-0.2, -0.15) is 0 Å². The number of carbonyl (C=O) groups excluding carboxylic acids is 2. The minimum atomic E-state index is -0.605. The molecule has 0 bridgehead atoms. The molecule has 2 unspecified atom stereocenters. The van der Waals surface area contributed by atoms with Gasteiger partial charge in [0.25, 0.3) is 0 Å². The molecule has 7 nitrogen and oxygen atoms in total. The molecule has 1 heterocycles. The standard InChI is InChI=1S/C17H22N4O3S/c1-5-10(2)14(18-11(3)22)15(23)19-17-21-20-16(25-17)12-7-6-8-13(9-12)24-4/h6-10,14H,5H2,1-4H3,(H,18,22)(H,19,21,23). The highest BCUT2D eigenvalue weighted by molar-refractivity contribution is 7.18. The van der Waals surface area contributed by atoms with E-state index in [0.717, 1.165) is 17.7 Å². The van der Waals surface area contributed by atoms with Crippen LogP contribution in [-0.4, -0.2) is 35.2 Å². The van der Waals surface area contributed by atoms with Gasteiger partial charge in [0.2, 0.25) is 16.9 Å². The number of nitrogens with one attached hydrogen (secondary N) is 2. The zero-order chi connectivity index (χ0) is 18.4. The minimum Gasteiger partial charge on any atom is -0.497 e. The largest absolute Gasteiger partial charge is 0.497 e. The maximum absolute atomic E-state index is 12.5. The first-order chi connectivity index (χ1) is 11.9.